The standard InChI is InChI=1S/C19H22F3N3O2/c1-3-23-19(24-11-13-8-9-17(26-2)15(20)10-13)25-12-14-6-4-5-7-16(14)27-18(21)22/h4-10,18H,3,11-12H2,1-2H3,(H2,23,24,25). The summed E-state index contributed by atoms with van der Waals surface area (Å²) in [7, 11) is 1.40. The highest BCUT2D eigenvalue weighted by atomic mass is 19.3. The van der Waals surface area contributed by atoms with E-state index in [1.54, 1.807) is 30.3 Å². The van der Waals surface area contributed by atoms with Crippen molar-refractivity contribution in [3.63, 3.8) is 0 Å². The summed E-state index contributed by atoms with van der Waals surface area (Å²) in [5, 5.41) is 6.11. The number of ether oxygens (including phenoxy) is 2. The lowest BCUT2D eigenvalue weighted by Crippen LogP contribution is -2.36. The summed E-state index contributed by atoms with van der Waals surface area (Å²) in [6.45, 7) is 0.103. The van der Waals surface area contributed by atoms with Crippen LogP contribution in [0.5, 0.6) is 11.5 Å². The van der Waals surface area contributed by atoms with E-state index in [2.05, 4.69) is 20.4 Å². The second-order valence-corrected chi connectivity index (χ2v) is 5.50. The van der Waals surface area contributed by atoms with Gasteiger partial charge >= 0.3 is 6.61 Å². The summed E-state index contributed by atoms with van der Waals surface area (Å²) >= 11 is 0. The number of nitrogens with one attached hydrogen (secondary N) is 2. The highest BCUT2D eigenvalue weighted by Crippen LogP contribution is 2.20. The van der Waals surface area contributed by atoms with E-state index in [0.717, 1.165) is 0 Å². The number of rotatable bonds is 8. The fourth-order valence-electron chi connectivity index (χ4n) is 2.36. The lowest BCUT2D eigenvalue weighted by atomic mass is 10.2. The van der Waals surface area contributed by atoms with Crippen molar-refractivity contribution in [2.75, 3.05) is 13.7 Å². The minimum Gasteiger partial charge on any atom is -0.494 e. The zero-order valence-corrected chi connectivity index (χ0v) is 15.1. The van der Waals surface area contributed by atoms with Crippen molar-refractivity contribution in [3.8, 4) is 11.5 Å². The number of nitrogens with zero attached hydrogens (tertiary/aromatic N) is 1. The van der Waals surface area contributed by atoms with Crippen LogP contribution in [0.25, 0.3) is 0 Å². The molecule has 5 nitrogen and oxygen atoms in total. The molecule has 0 aliphatic carbocycles. The predicted molar refractivity (Wildman–Crippen MR) is 97.7 cm³/mol. The molecule has 0 aliphatic rings. The van der Waals surface area contributed by atoms with Crippen LogP contribution in [-0.4, -0.2) is 26.2 Å². The second kappa shape index (κ2) is 10.3. The molecule has 0 spiro atoms. The first-order chi connectivity index (χ1) is 13.0. The smallest absolute Gasteiger partial charge is 0.387 e. The SMILES string of the molecule is CCNC(=NCc1ccc(OC)c(F)c1)NCc1ccccc1OC(F)F. The molecule has 0 fully saturated rings. The number of hydrogen-bond acceptors (Lipinski definition) is 3. The van der Waals surface area contributed by atoms with E-state index >= 15 is 0 Å². The Balaban J connectivity index is 2.05. The summed E-state index contributed by atoms with van der Waals surface area (Å²) in [4.78, 5) is 4.38. The number of methoxy groups -OCH3 is 1. The largest absolute Gasteiger partial charge is 0.494 e. The number of halogens is 3. The van der Waals surface area contributed by atoms with Crippen molar-refractivity contribution in [3.05, 3.63) is 59.4 Å². The van der Waals surface area contributed by atoms with Gasteiger partial charge in [0.05, 0.1) is 13.7 Å². The molecule has 2 N–H and O–H groups in total. The zero-order chi connectivity index (χ0) is 19.6. The van der Waals surface area contributed by atoms with Gasteiger partial charge in [-0.1, -0.05) is 24.3 Å². The molecule has 27 heavy (non-hydrogen) atoms. The molecular formula is C19H22F3N3O2. The highest BCUT2D eigenvalue weighted by molar-refractivity contribution is 5.79. The zero-order valence-electron chi connectivity index (χ0n) is 15.1. The Labute approximate surface area is 156 Å². The molecule has 2 aromatic carbocycles. The average Bonchev–Trinajstić information content (AvgIpc) is 2.64. The van der Waals surface area contributed by atoms with Crippen LogP contribution in [0, 0.1) is 5.82 Å². The first-order valence-electron chi connectivity index (χ1n) is 8.40. The number of benzene rings is 2. The van der Waals surface area contributed by atoms with Crippen molar-refractivity contribution in [2.24, 2.45) is 4.99 Å². The molecule has 0 radical (unpaired) electrons. The second-order valence-electron chi connectivity index (χ2n) is 5.50. The van der Waals surface area contributed by atoms with Gasteiger partial charge in [0.1, 0.15) is 5.75 Å². The van der Waals surface area contributed by atoms with Crippen LogP contribution in [0.15, 0.2) is 47.5 Å². The molecule has 0 amide bonds. The Bertz CT molecular complexity index is 770. The van der Waals surface area contributed by atoms with Gasteiger partial charge in [-0.25, -0.2) is 9.38 Å². The molecule has 0 aromatic heterocycles. The molecule has 0 bridgehead atoms. The van der Waals surface area contributed by atoms with Gasteiger partial charge in [0.2, 0.25) is 0 Å². The average molecular weight is 381 g/mol. The van der Waals surface area contributed by atoms with Crippen molar-refractivity contribution < 1.29 is 22.6 Å². The third-order valence-electron chi connectivity index (χ3n) is 3.62. The molecule has 8 heteroatoms. The van der Waals surface area contributed by atoms with E-state index in [-0.39, 0.29) is 24.6 Å². The van der Waals surface area contributed by atoms with Crippen LogP contribution in [0.3, 0.4) is 0 Å². The van der Waals surface area contributed by atoms with E-state index in [0.29, 0.717) is 23.6 Å². The minimum absolute atomic E-state index is 0.105. The summed E-state index contributed by atoms with van der Waals surface area (Å²) in [6.07, 6.45) is 0. The van der Waals surface area contributed by atoms with E-state index in [4.69, 9.17) is 4.74 Å². The Morgan fingerprint density at radius 3 is 2.56 bits per heavy atom. The first kappa shape index (κ1) is 20.4. The number of aliphatic imine (C=N–C) groups is 1. The van der Waals surface area contributed by atoms with Crippen molar-refractivity contribution in [1.82, 2.24) is 10.6 Å². The number of para-hydroxylation sites is 1. The molecule has 0 heterocycles. The highest BCUT2D eigenvalue weighted by Gasteiger charge is 2.09. The van der Waals surface area contributed by atoms with Gasteiger partial charge in [0.25, 0.3) is 0 Å². The predicted octanol–water partition coefficient (Wildman–Crippen LogP) is 3.69. The van der Waals surface area contributed by atoms with Crippen LogP contribution in [0.4, 0.5) is 13.2 Å². The molecule has 0 saturated carbocycles. The Morgan fingerprint density at radius 1 is 1.11 bits per heavy atom. The third kappa shape index (κ3) is 6.40. The monoisotopic (exact) mass is 381 g/mol. The molecular weight excluding hydrogens is 359 g/mol. The Hall–Kier alpha value is -2.90. The summed E-state index contributed by atoms with van der Waals surface area (Å²) < 4.78 is 48.2. The summed E-state index contributed by atoms with van der Waals surface area (Å²) in [6, 6.07) is 11.1. The van der Waals surface area contributed by atoms with Crippen LogP contribution in [0.1, 0.15) is 18.1 Å². The number of alkyl halides is 2. The lowest BCUT2D eigenvalue weighted by Gasteiger charge is -2.14. The summed E-state index contributed by atoms with van der Waals surface area (Å²) in [5.41, 5.74) is 1.24. The molecule has 0 unspecified atom stereocenters. The van der Waals surface area contributed by atoms with Crippen molar-refractivity contribution >= 4 is 5.96 Å². The van der Waals surface area contributed by atoms with E-state index in [9.17, 15) is 13.2 Å². The summed E-state index contributed by atoms with van der Waals surface area (Å²) in [5.74, 6) is 0.290. The van der Waals surface area contributed by atoms with Crippen LogP contribution in [-0.2, 0) is 13.1 Å². The molecule has 146 valence electrons. The van der Waals surface area contributed by atoms with Crippen molar-refractivity contribution in [2.45, 2.75) is 26.6 Å². The molecule has 2 aromatic rings. The molecule has 0 atom stereocenters. The van der Waals surface area contributed by atoms with Crippen LogP contribution >= 0.6 is 0 Å². The van der Waals surface area contributed by atoms with Gasteiger partial charge in [-0.2, -0.15) is 8.78 Å². The number of guanidine groups is 1. The maximum atomic E-state index is 13.8. The minimum atomic E-state index is -2.89. The quantitative estimate of drug-likeness (QED) is 0.541. The maximum Gasteiger partial charge on any atom is 0.387 e. The van der Waals surface area contributed by atoms with E-state index < -0.39 is 12.4 Å². The fourth-order valence-corrected chi connectivity index (χ4v) is 2.36. The van der Waals surface area contributed by atoms with Gasteiger partial charge < -0.3 is 20.1 Å². The molecule has 2 rings (SSSR count). The van der Waals surface area contributed by atoms with Gasteiger partial charge in [0.15, 0.2) is 17.5 Å². The van der Waals surface area contributed by atoms with E-state index in [1.165, 1.54) is 19.2 Å². The van der Waals surface area contributed by atoms with Gasteiger partial charge in [-0.05, 0) is 30.7 Å². The van der Waals surface area contributed by atoms with Gasteiger partial charge in [-0.15, -0.1) is 0 Å². The van der Waals surface area contributed by atoms with E-state index in [1.807, 2.05) is 6.92 Å². The van der Waals surface area contributed by atoms with Gasteiger partial charge in [-0.3, -0.25) is 0 Å². The Morgan fingerprint density at radius 2 is 1.89 bits per heavy atom. The fraction of sp³-hybridized carbons (Fsp3) is 0.316. The first-order valence-corrected chi connectivity index (χ1v) is 8.40. The van der Waals surface area contributed by atoms with Crippen molar-refractivity contribution in [1.29, 1.82) is 0 Å². The molecule has 0 aliphatic heterocycles. The lowest BCUT2D eigenvalue weighted by molar-refractivity contribution is -0.0504. The van der Waals surface area contributed by atoms with Crippen LogP contribution in [0.2, 0.25) is 0 Å². The van der Waals surface area contributed by atoms with Gasteiger partial charge in [0, 0.05) is 18.7 Å². The normalized spacial score (nSPS) is 11.4. The Kier molecular flexibility index (Phi) is 7.79. The number of hydrogen-bond donors (Lipinski definition) is 2. The maximum absolute atomic E-state index is 13.8. The van der Waals surface area contributed by atoms with Crippen LogP contribution < -0.4 is 20.1 Å². The topological polar surface area (TPSA) is 54.9 Å². The molecule has 0 saturated heterocycles. The third-order valence-corrected chi connectivity index (χ3v) is 3.62.